The standard InChI is InChI=1S/C8H18N2.C6H10O4/c9-5-7-2-1-3-8(4-7)6-10;7-5(8)3-1-2-4-6(9)10/h7-8H,1-6,9-10H2;1-4H2,(H,7,8)(H,9,10). The fourth-order valence-corrected chi connectivity index (χ4v) is 2.38. The van der Waals surface area contributed by atoms with E-state index in [-0.39, 0.29) is 12.8 Å². The summed E-state index contributed by atoms with van der Waals surface area (Å²) in [6.45, 7) is 1.72. The van der Waals surface area contributed by atoms with Crippen molar-refractivity contribution in [3.8, 4) is 0 Å². The summed E-state index contributed by atoms with van der Waals surface area (Å²) in [5.74, 6) is -0.208. The first kappa shape index (κ1) is 18.9. The topological polar surface area (TPSA) is 127 Å². The molecule has 0 saturated heterocycles. The molecule has 0 aromatic heterocycles. The van der Waals surface area contributed by atoms with Crippen LogP contribution < -0.4 is 11.5 Å². The molecule has 1 aliphatic rings. The van der Waals surface area contributed by atoms with E-state index in [1.807, 2.05) is 0 Å². The SMILES string of the molecule is NCC1CCCC(CN)C1.O=C(O)CCCCC(=O)O. The lowest BCUT2D eigenvalue weighted by Crippen LogP contribution is -2.26. The van der Waals surface area contributed by atoms with Crippen molar-refractivity contribution in [2.24, 2.45) is 23.3 Å². The second-order valence-electron chi connectivity index (χ2n) is 5.36. The van der Waals surface area contributed by atoms with Crippen LogP contribution in [0.5, 0.6) is 0 Å². The highest BCUT2D eigenvalue weighted by Crippen LogP contribution is 2.27. The molecular formula is C14H28N2O4. The van der Waals surface area contributed by atoms with Crippen LogP contribution in [0.25, 0.3) is 0 Å². The summed E-state index contributed by atoms with van der Waals surface area (Å²) in [7, 11) is 0. The molecule has 0 aromatic rings. The molecule has 0 spiro atoms. The zero-order valence-electron chi connectivity index (χ0n) is 12.1. The summed E-state index contributed by atoms with van der Waals surface area (Å²) in [6.07, 6.45) is 6.28. The Morgan fingerprint density at radius 3 is 1.60 bits per heavy atom. The van der Waals surface area contributed by atoms with Crippen molar-refractivity contribution < 1.29 is 19.8 Å². The van der Waals surface area contributed by atoms with Crippen LogP contribution >= 0.6 is 0 Å². The van der Waals surface area contributed by atoms with E-state index in [4.69, 9.17) is 21.7 Å². The highest BCUT2D eigenvalue weighted by Gasteiger charge is 2.19. The Hall–Kier alpha value is -1.14. The Kier molecular flexibility index (Phi) is 11.0. The predicted octanol–water partition coefficient (Wildman–Crippen LogP) is 1.43. The van der Waals surface area contributed by atoms with Crippen molar-refractivity contribution in [2.45, 2.75) is 51.4 Å². The van der Waals surface area contributed by atoms with E-state index in [9.17, 15) is 9.59 Å². The average molecular weight is 288 g/mol. The van der Waals surface area contributed by atoms with E-state index >= 15 is 0 Å². The van der Waals surface area contributed by atoms with E-state index in [0.717, 1.165) is 24.9 Å². The Morgan fingerprint density at radius 1 is 0.900 bits per heavy atom. The van der Waals surface area contributed by atoms with Crippen molar-refractivity contribution in [3.63, 3.8) is 0 Å². The Bertz CT molecular complexity index is 258. The van der Waals surface area contributed by atoms with E-state index < -0.39 is 11.9 Å². The van der Waals surface area contributed by atoms with Gasteiger partial charge in [-0.15, -0.1) is 0 Å². The third kappa shape index (κ3) is 10.8. The van der Waals surface area contributed by atoms with Gasteiger partial charge in [-0.3, -0.25) is 9.59 Å². The first-order valence-corrected chi connectivity index (χ1v) is 7.33. The largest absolute Gasteiger partial charge is 0.481 e. The second-order valence-corrected chi connectivity index (χ2v) is 5.36. The molecule has 20 heavy (non-hydrogen) atoms. The normalized spacial score (nSPS) is 21.7. The summed E-state index contributed by atoms with van der Waals surface area (Å²) < 4.78 is 0. The molecule has 6 N–H and O–H groups in total. The number of unbranched alkanes of at least 4 members (excludes halogenated alkanes) is 1. The monoisotopic (exact) mass is 288 g/mol. The number of hydrogen-bond acceptors (Lipinski definition) is 4. The highest BCUT2D eigenvalue weighted by atomic mass is 16.4. The van der Waals surface area contributed by atoms with E-state index in [0.29, 0.717) is 12.8 Å². The van der Waals surface area contributed by atoms with E-state index in [1.54, 1.807) is 0 Å². The van der Waals surface area contributed by atoms with Gasteiger partial charge in [-0.1, -0.05) is 6.42 Å². The minimum Gasteiger partial charge on any atom is -0.481 e. The lowest BCUT2D eigenvalue weighted by Gasteiger charge is -2.26. The number of nitrogens with two attached hydrogens (primary N) is 2. The number of carboxylic acid groups (broad SMARTS) is 2. The van der Waals surface area contributed by atoms with Crippen LogP contribution in [0.3, 0.4) is 0 Å². The zero-order valence-corrected chi connectivity index (χ0v) is 12.1. The van der Waals surface area contributed by atoms with Gasteiger partial charge in [-0.2, -0.15) is 0 Å². The molecule has 1 rings (SSSR count). The summed E-state index contributed by atoms with van der Waals surface area (Å²) in [5.41, 5.74) is 11.2. The molecule has 2 unspecified atom stereocenters. The quantitative estimate of drug-likeness (QED) is 0.525. The van der Waals surface area contributed by atoms with Crippen LogP contribution in [0.2, 0.25) is 0 Å². The van der Waals surface area contributed by atoms with Gasteiger partial charge in [0.1, 0.15) is 0 Å². The van der Waals surface area contributed by atoms with E-state index in [1.165, 1.54) is 25.7 Å². The minimum atomic E-state index is -0.870. The molecule has 0 aromatic carbocycles. The van der Waals surface area contributed by atoms with Crippen molar-refractivity contribution in [1.29, 1.82) is 0 Å². The third-order valence-electron chi connectivity index (χ3n) is 3.59. The van der Waals surface area contributed by atoms with Crippen molar-refractivity contribution in [2.75, 3.05) is 13.1 Å². The van der Waals surface area contributed by atoms with Crippen molar-refractivity contribution in [1.82, 2.24) is 0 Å². The fourth-order valence-electron chi connectivity index (χ4n) is 2.38. The summed E-state index contributed by atoms with van der Waals surface area (Å²) in [5, 5.41) is 16.3. The van der Waals surface area contributed by atoms with Gasteiger partial charge >= 0.3 is 11.9 Å². The first-order valence-electron chi connectivity index (χ1n) is 7.33. The molecule has 1 aliphatic carbocycles. The smallest absolute Gasteiger partial charge is 0.303 e. The number of aliphatic carboxylic acids is 2. The summed E-state index contributed by atoms with van der Waals surface area (Å²) >= 11 is 0. The average Bonchev–Trinajstić information content (AvgIpc) is 2.44. The van der Waals surface area contributed by atoms with Crippen LogP contribution in [-0.2, 0) is 9.59 Å². The van der Waals surface area contributed by atoms with Crippen LogP contribution in [-0.4, -0.2) is 35.2 Å². The van der Waals surface area contributed by atoms with Gasteiger partial charge in [-0.25, -0.2) is 0 Å². The van der Waals surface area contributed by atoms with Gasteiger partial charge in [-0.05, 0) is 57.0 Å². The molecule has 6 heteroatoms. The maximum Gasteiger partial charge on any atom is 0.303 e. The van der Waals surface area contributed by atoms with Gasteiger partial charge in [0.05, 0.1) is 0 Å². The molecule has 1 fully saturated rings. The molecule has 0 aliphatic heterocycles. The van der Waals surface area contributed by atoms with E-state index in [2.05, 4.69) is 0 Å². The minimum absolute atomic E-state index is 0.0628. The molecule has 0 radical (unpaired) electrons. The Balaban J connectivity index is 0.000000361. The predicted molar refractivity (Wildman–Crippen MR) is 77.3 cm³/mol. The van der Waals surface area contributed by atoms with Gasteiger partial charge in [0.25, 0.3) is 0 Å². The van der Waals surface area contributed by atoms with Gasteiger partial charge in [0, 0.05) is 12.8 Å². The highest BCUT2D eigenvalue weighted by molar-refractivity contribution is 5.67. The van der Waals surface area contributed by atoms with Gasteiger partial charge < -0.3 is 21.7 Å². The third-order valence-corrected chi connectivity index (χ3v) is 3.59. The molecule has 0 heterocycles. The van der Waals surface area contributed by atoms with Crippen LogP contribution in [0.1, 0.15) is 51.4 Å². The van der Waals surface area contributed by atoms with Crippen LogP contribution in [0.15, 0.2) is 0 Å². The van der Waals surface area contributed by atoms with Crippen LogP contribution in [0, 0.1) is 11.8 Å². The number of carbonyl (C=O) groups is 2. The molecule has 0 amide bonds. The molecule has 1 saturated carbocycles. The molecule has 6 nitrogen and oxygen atoms in total. The van der Waals surface area contributed by atoms with Crippen LogP contribution in [0.4, 0.5) is 0 Å². The maximum atomic E-state index is 9.90. The second kappa shape index (κ2) is 11.7. The fraction of sp³-hybridized carbons (Fsp3) is 0.857. The van der Waals surface area contributed by atoms with Crippen molar-refractivity contribution in [3.05, 3.63) is 0 Å². The lowest BCUT2D eigenvalue weighted by molar-refractivity contribution is -0.139. The summed E-state index contributed by atoms with van der Waals surface area (Å²) in [6, 6.07) is 0. The zero-order chi connectivity index (χ0) is 15.4. The lowest BCUT2D eigenvalue weighted by atomic mass is 9.81. The molecular weight excluding hydrogens is 260 g/mol. The Labute approximate surface area is 120 Å². The van der Waals surface area contributed by atoms with Gasteiger partial charge in [0.15, 0.2) is 0 Å². The Morgan fingerprint density at radius 2 is 1.30 bits per heavy atom. The first-order chi connectivity index (χ1) is 9.49. The maximum absolute atomic E-state index is 9.90. The van der Waals surface area contributed by atoms with Gasteiger partial charge in [0.2, 0.25) is 0 Å². The summed E-state index contributed by atoms with van der Waals surface area (Å²) in [4.78, 5) is 19.8. The number of carboxylic acids is 2. The molecule has 2 atom stereocenters. The number of rotatable bonds is 7. The molecule has 0 bridgehead atoms. The molecule has 118 valence electrons. The number of hydrogen-bond donors (Lipinski definition) is 4. The van der Waals surface area contributed by atoms with Crippen molar-refractivity contribution >= 4 is 11.9 Å².